The minimum Gasteiger partial charge on any atom is -0.481 e. The Morgan fingerprint density at radius 3 is 1.65 bits per heavy atom. The quantitative estimate of drug-likeness (QED) is 0.103. The molecule has 0 spiro atoms. The fraction of sp³-hybridized carbons (Fsp3) is 0.118. The van der Waals surface area contributed by atoms with Crippen molar-refractivity contribution in [1.82, 2.24) is 23.8 Å². The number of oxazole rings is 1. The van der Waals surface area contributed by atoms with E-state index < -0.39 is 11.3 Å². The molecular formula is C51H41N5O7. The van der Waals surface area contributed by atoms with Gasteiger partial charge in [0.05, 0.1) is 6.20 Å². The van der Waals surface area contributed by atoms with Crippen molar-refractivity contribution in [1.29, 1.82) is 0 Å². The molecule has 0 amide bonds. The Morgan fingerprint density at radius 1 is 0.571 bits per heavy atom. The van der Waals surface area contributed by atoms with Gasteiger partial charge in [-0.15, -0.1) is 0 Å². The van der Waals surface area contributed by atoms with Crippen LogP contribution in [-0.4, -0.2) is 35.3 Å². The smallest absolute Gasteiger partial charge is 0.301 e. The molecule has 0 bridgehead atoms. The van der Waals surface area contributed by atoms with Gasteiger partial charge in [0.25, 0.3) is 0 Å². The highest BCUT2D eigenvalue weighted by Gasteiger charge is 2.23. The van der Waals surface area contributed by atoms with E-state index in [0.717, 1.165) is 27.8 Å². The number of carbonyl (C=O) groups is 2. The van der Waals surface area contributed by atoms with E-state index in [-0.39, 0.29) is 66.2 Å². The Kier molecular flexibility index (Phi) is 12.5. The molecular weight excluding hydrogens is 795 g/mol. The molecule has 312 valence electrons. The fourth-order valence-electron chi connectivity index (χ4n) is 6.74. The second-order valence-electron chi connectivity index (χ2n) is 14.7. The highest BCUT2D eigenvalue weighted by molar-refractivity contribution is 6.02. The van der Waals surface area contributed by atoms with Gasteiger partial charge in [-0.05, 0) is 48.2 Å². The normalized spacial score (nSPS) is 10.9. The molecule has 5 heterocycles. The number of ether oxygens (including phenoxy) is 2. The molecule has 0 aliphatic heterocycles. The largest absolute Gasteiger partial charge is 0.481 e. The van der Waals surface area contributed by atoms with Crippen LogP contribution >= 0.6 is 0 Å². The van der Waals surface area contributed by atoms with Crippen molar-refractivity contribution in [3.63, 3.8) is 0 Å². The van der Waals surface area contributed by atoms with E-state index in [4.69, 9.17) is 13.9 Å². The Bertz CT molecular complexity index is 3170. The molecule has 0 aliphatic rings. The maximum atomic E-state index is 13.3. The van der Waals surface area contributed by atoms with Gasteiger partial charge in [-0.25, -0.2) is 15.0 Å². The number of nitrogens with zero attached hydrogens (tertiary/aromatic N) is 5. The summed E-state index contributed by atoms with van der Waals surface area (Å²) >= 11 is 0. The number of hydrogen-bond acceptors (Lipinski definition) is 10. The highest BCUT2D eigenvalue weighted by atomic mass is 16.5. The summed E-state index contributed by atoms with van der Waals surface area (Å²) in [4.78, 5) is 65.4. The molecule has 0 atom stereocenters. The lowest BCUT2D eigenvalue weighted by Crippen LogP contribution is -2.23. The van der Waals surface area contributed by atoms with Crippen LogP contribution in [0.3, 0.4) is 0 Å². The zero-order valence-corrected chi connectivity index (χ0v) is 34.5. The number of ketones is 2. The van der Waals surface area contributed by atoms with Gasteiger partial charge in [0, 0.05) is 36.4 Å². The van der Waals surface area contributed by atoms with Crippen LogP contribution in [0.4, 0.5) is 0 Å². The van der Waals surface area contributed by atoms with Crippen molar-refractivity contribution < 1.29 is 23.5 Å². The summed E-state index contributed by atoms with van der Waals surface area (Å²) in [5.74, 6) is 0.288. The molecule has 12 nitrogen and oxygen atoms in total. The van der Waals surface area contributed by atoms with E-state index in [2.05, 4.69) is 15.0 Å². The number of pyridine rings is 2. The minimum atomic E-state index is -0.452. The zero-order valence-electron chi connectivity index (χ0n) is 34.5. The summed E-state index contributed by atoms with van der Waals surface area (Å²) < 4.78 is 20.6. The standard InChI is InChI=1S/C26H22N2O4.C25H19N3O3/c1-18-12-15-23-27-24(22(30)14-13-21(29)20-10-6-3-7-11-20)25(26(31)28(23)16-18)32-17-19-8-4-2-5-9-19;1-17-12-13-21-27-22(24-26-14-20(31-24)19-10-6-3-7-11-19)23(25(29)28(21)15-17)30-16-18-8-4-2-5-9-18/h2-12,15-16H,13-14,17H2,1H3;2-15H,16H2,1H3. The highest BCUT2D eigenvalue weighted by Crippen LogP contribution is 2.30. The van der Waals surface area contributed by atoms with Gasteiger partial charge in [0.1, 0.15) is 24.5 Å². The Labute approximate surface area is 361 Å². The van der Waals surface area contributed by atoms with E-state index >= 15 is 0 Å². The van der Waals surface area contributed by atoms with Gasteiger partial charge in [0.2, 0.25) is 17.4 Å². The van der Waals surface area contributed by atoms with Crippen LogP contribution in [0.5, 0.6) is 11.5 Å². The third kappa shape index (κ3) is 9.71. The Morgan fingerprint density at radius 2 is 1.06 bits per heavy atom. The zero-order chi connectivity index (χ0) is 43.7. The first-order valence-electron chi connectivity index (χ1n) is 20.2. The summed E-state index contributed by atoms with van der Waals surface area (Å²) in [5.41, 5.74) is 5.39. The number of rotatable bonds is 13. The van der Waals surface area contributed by atoms with Crippen molar-refractivity contribution in [3.05, 3.63) is 218 Å². The van der Waals surface area contributed by atoms with E-state index in [1.807, 2.05) is 123 Å². The molecule has 0 fully saturated rings. The summed E-state index contributed by atoms with van der Waals surface area (Å²) in [7, 11) is 0. The van der Waals surface area contributed by atoms with E-state index in [1.54, 1.807) is 55.0 Å². The lowest BCUT2D eigenvalue weighted by molar-refractivity contribution is 0.0912. The van der Waals surface area contributed by atoms with Crippen LogP contribution in [0.1, 0.15) is 55.9 Å². The van der Waals surface area contributed by atoms with Gasteiger partial charge in [-0.3, -0.25) is 28.0 Å². The van der Waals surface area contributed by atoms with Crippen LogP contribution < -0.4 is 20.6 Å². The predicted molar refractivity (Wildman–Crippen MR) is 239 cm³/mol. The van der Waals surface area contributed by atoms with Gasteiger partial charge >= 0.3 is 11.1 Å². The summed E-state index contributed by atoms with van der Waals surface area (Å²) in [6, 6.07) is 44.7. The monoisotopic (exact) mass is 835 g/mol. The Hall–Kier alpha value is -8.25. The lowest BCUT2D eigenvalue weighted by atomic mass is 10.0. The van der Waals surface area contributed by atoms with Crippen LogP contribution in [0.2, 0.25) is 0 Å². The average Bonchev–Trinajstić information content (AvgIpc) is 3.82. The number of fused-ring (bicyclic) bond motifs is 2. The van der Waals surface area contributed by atoms with Crippen molar-refractivity contribution in [2.75, 3.05) is 0 Å². The first-order chi connectivity index (χ1) is 30.7. The molecule has 0 saturated heterocycles. The van der Waals surface area contributed by atoms with Gasteiger partial charge in [-0.1, -0.05) is 133 Å². The molecule has 0 saturated carbocycles. The third-order valence-electron chi connectivity index (χ3n) is 10.0. The molecule has 0 unspecified atom stereocenters. The second kappa shape index (κ2) is 19.0. The Balaban J connectivity index is 0.000000173. The van der Waals surface area contributed by atoms with Crippen molar-refractivity contribution in [3.8, 4) is 34.4 Å². The molecule has 9 aromatic rings. The van der Waals surface area contributed by atoms with Gasteiger partial charge in [-0.2, -0.15) is 0 Å². The molecule has 5 aromatic heterocycles. The van der Waals surface area contributed by atoms with Crippen LogP contribution in [0.25, 0.3) is 34.2 Å². The first-order valence-corrected chi connectivity index (χ1v) is 20.2. The summed E-state index contributed by atoms with van der Waals surface area (Å²) in [6.07, 6.45) is 4.99. The van der Waals surface area contributed by atoms with E-state index in [0.29, 0.717) is 22.6 Å². The summed E-state index contributed by atoms with van der Waals surface area (Å²) in [5, 5.41) is 0. The molecule has 12 heteroatoms. The molecule has 0 aliphatic carbocycles. The molecule has 4 aromatic carbocycles. The van der Waals surface area contributed by atoms with Crippen molar-refractivity contribution >= 4 is 22.9 Å². The number of carbonyl (C=O) groups excluding carboxylic acids is 2. The SMILES string of the molecule is Cc1ccc2nc(-c3ncc(-c4ccccc4)o3)c(OCc3ccccc3)c(=O)n2c1.Cc1ccc2nc(C(=O)CCC(=O)c3ccccc3)c(OCc3ccccc3)c(=O)n2c1. The minimum absolute atomic E-state index is 0.0237. The topological polar surface area (TPSA) is 147 Å². The third-order valence-corrected chi connectivity index (χ3v) is 10.0. The summed E-state index contributed by atoms with van der Waals surface area (Å²) in [6.45, 7) is 4.14. The van der Waals surface area contributed by atoms with Gasteiger partial charge in [0.15, 0.2) is 28.7 Å². The molecule has 0 N–H and O–H groups in total. The first kappa shape index (κ1) is 41.5. The fourth-order valence-corrected chi connectivity index (χ4v) is 6.74. The molecule has 63 heavy (non-hydrogen) atoms. The number of Topliss-reactive ketones (excluding diaryl/α,β-unsaturated/α-hetero) is 2. The van der Waals surface area contributed by atoms with E-state index in [9.17, 15) is 19.2 Å². The average molecular weight is 836 g/mol. The van der Waals surface area contributed by atoms with Crippen LogP contribution in [0.15, 0.2) is 178 Å². The molecule has 9 rings (SSSR count). The molecule has 0 radical (unpaired) electrons. The van der Waals surface area contributed by atoms with E-state index in [1.165, 1.54) is 8.80 Å². The lowest BCUT2D eigenvalue weighted by Gasteiger charge is -2.12. The number of hydrogen-bond donors (Lipinski definition) is 0. The van der Waals surface area contributed by atoms with Gasteiger partial charge < -0.3 is 13.9 Å². The van der Waals surface area contributed by atoms with Crippen molar-refractivity contribution in [2.24, 2.45) is 0 Å². The predicted octanol–water partition coefficient (Wildman–Crippen LogP) is 9.33. The maximum absolute atomic E-state index is 13.3. The van der Waals surface area contributed by atoms with Crippen LogP contribution in [-0.2, 0) is 13.2 Å². The maximum Gasteiger partial charge on any atom is 0.301 e. The number of aryl methyl sites for hydroxylation is 2. The number of benzene rings is 4. The van der Waals surface area contributed by atoms with Crippen molar-refractivity contribution in [2.45, 2.75) is 39.9 Å². The second-order valence-corrected chi connectivity index (χ2v) is 14.7. The van der Waals surface area contributed by atoms with Crippen LogP contribution in [0, 0.1) is 13.8 Å². The number of aromatic nitrogens is 5.